The molecule has 16 heavy (non-hydrogen) atoms. The van der Waals surface area contributed by atoms with Gasteiger partial charge in [0.1, 0.15) is 12.8 Å². The molecule has 2 aliphatic rings. The highest BCUT2D eigenvalue weighted by Gasteiger charge is 2.33. The van der Waals surface area contributed by atoms with Crippen LogP contribution in [0.15, 0.2) is 23.3 Å². The molecule has 0 bridgehead atoms. The number of hydrogen-bond acceptors (Lipinski definition) is 4. The van der Waals surface area contributed by atoms with Crippen molar-refractivity contribution >= 4 is 6.02 Å². The van der Waals surface area contributed by atoms with Crippen LogP contribution in [0.25, 0.3) is 0 Å². The van der Waals surface area contributed by atoms with Crippen LogP contribution in [0.1, 0.15) is 29.9 Å². The summed E-state index contributed by atoms with van der Waals surface area (Å²) in [6.07, 6.45) is 1.03. The number of ether oxygens (including phenoxy) is 1. The van der Waals surface area contributed by atoms with Crippen LogP contribution in [-0.4, -0.2) is 24.2 Å². The van der Waals surface area contributed by atoms with E-state index in [1.807, 2.05) is 12.1 Å². The van der Waals surface area contributed by atoms with E-state index in [-0.39, 0.29) is 6.04 Å². The maximum Gasteiger partial charge on any atom is 0.285 e. The Labute approximate surface area is 92.6 Å². The SMILES string of the molecule is FC1CC(NC2=NCCO2)c2cccnc21. The third kappa shape index (κ3) is 1.52. The molecule has 1 N–H and O–H groups in total. The topological polar surface area (TPSA) is 46.5 Å². The maximum absolute atomic E-state index is 13.7. The number of halogens is 1. The molecule has 0 aromatic carbocycles. The standard InChI is InChI=1S/C11H12FN3O/c12-8-6-9(15-11-14-4-5-16-11)7-2-1-3-13-10(7)8/h1-3,8-9H,4-6H2,(H,14,15). The van der Waals surface area contributed by atoms with Gasteiger partial charge in [-0.25, -0.2) is 9.38 Å². The normalized spacial score (nSPS) is 27.2. The highest BCUT2D eigenvalue weighted by molar-refractivity contribution is 5.75. The lowest BCUT2D eigenvalue weighted by molar-refractivity contribution is 0.300. The minimum atomic E-state index is -0.990. The molecule has 2 atom stereocenters. The first-order chi connectivity index (χ1) is 7.84. The first-order valence-corrected chi connectivity index (χ1v) is 5.37. The maximum atomic E-state index is 13.7. The number of amidine groups is 1. The molecule has 4 nitrogen and oxygen atoms in total. The number of alkyl halides is 1. The Bertz CT molecular complexity index is 435. The number of nitrogens with zero attached hydrogens (tertiary/aromatic N) is 2. The average Bonchev–Trinajstić information content (AvgIpc) is 2.90. The Kier molecular flexibility index (Phi) is 2.23. The van der Waals surface area contributed by atoms with Crippen molar-refractivity contribution in [3.05, 3.63) is 29.6 Å². The van der Waals surface area contributed by atoms with Gasteiger partial charge in [-0.15, -0.1) is 0 Å². The summed E-state index contributed by atoms with van der Waals surface area (Å²) >= 11 is 0. The molecule has 0 spiro atoms. The van der Waals surface area contributed by atoms with Crippen LogP contribution >= 0.6 is 0 Å². The molecule has 2 unspecified atom stereocenters. The summed E-state index contributed by atoms with van der Waals surface area (Å²) in [6.45, 7) is 1.28. The number of aromatic nitrogens is 1. The van der Waals surface area contributed by atoms with E-state index < -0.39 is 6.17 Å². The van der Waals surface area contributed by atoms with E-state index in [4.69, 9.17) is 4.74 Å². The van der Waals surface area contributed by atoms with Crippen LogP contribution in [0.5, 0.6) is 0 Å². The summed E-state index contributed by atoms with van der Waals surface area (Å²) in [4.78, 5) is 8.21. The Morgan fingerprint density at radius 3 is 3.25 bits per heavy atom. The van der Waals surface area contributed by atoms with Crippen molar-refractivity contribution in [1.29, 1.82) is 0 Å². The monoisotopic (exact) mass is 221 g/mol. The molecule has 1 aromatic rings. The van der Waals surface area contributed by atoms with E-state index in [0.717, 1.165) is 5.56 Å². The van der Waals surface area contributed by atoms with E-state index in [1.165, 1.54) is 0 Å². The lowest BCUT2D eigenvalue weighted by atomic mass is 10.1. The van der Waals surface area contributed by atoms with Crippen LogP contribution in [0, 0.1) is 0 Å². The summed E-state index contributed by atoms with van der Waals surface area (Å²) in [7, 11) is 0. The van der Waals surface area contributed by atoms with E-state index in [1.54, 1.807) is 6.20 Å². The van der Waals surface area contributed by atoms with Crippen molar-refractivity contribution in [1.82, 2.24) is 10.3 Å². The van der Waals surface area contributed by atoms with Gasteiger partial charge in [0.05, 0.1) is 18.3 Å². The second-order valence-electron chi connectivity index (χ2n) is 3.91. The van der Waals surface area contributed by atoms with Crippen LogP contribution in [0.4, 0.5) is 4.39 Å². The van der Waals surface area contributed by atoms with Gasteiger partial charge in [-0.3, -0.25) is 4.98 Å². The minimum Gasteiger partial charge on any atom is -0.463 e. The lowest BCUT2D eigenvalue weighted by Crippen LogP contribution is -2.27. The smallest absolute Gasteiger partial charge is 0.285 e. The third-order valence-electron chi connectivity index (χ3n) is 2.87. The molecule has 84 valence electrons. The fourth-order valence-corrected chi connectivity index (χ4v) is 2.14. The summed E-state index contributed by atoms with van der Waals surface area (Å²) < 4.78 is 18.9. The summed E-state index contributed by atoms with van der Waals surface area (Å²) in [6, 6.07) is 4.17. The number of fused-ring (bicyclic) bond motifs is 1. The molecule has 0 saturated heterocycles. The third-order valence-corrected chi connectivity index (χ3v) is 2.87. The Balaban J connectivity index is 1.83. The fraction of sp³-hybridized carbons (Fsp3) is 0.455. The number of rotatable bonds is 1. The Morgan fingerprint density at radius 1 is 1.50 bits per heavy atom. The Morgan fingerprint density at radius 2 is 2.44 bits per heavy atom. The molecule has 0 fully saturated rings. The van der Waals surface area contributed by atoms with Gasteiger partial charge < -0.3 is 10.1 Å². The second kappa shape index (κ2) is 3.73. The highest BCUT2D eigenvalue weighted by atomic mass is 19.1. The van der Waals surface area contributed by atoms with Crippen molar-refractivity contribution in [2.75, 3.05) is 13.2 Å². The summed E-state index contributed by atoms with van der Waals surface area (Å²) in [5.41, 5.74) is 1.45. The molecular weight excluding hydrogens is 209 g/mol. The van der Waals surface area contributed by atoms with E-state index in [2.05, 4.69) is 15.3 Å². The number of hydrogen-bond donors (Lipinski definition) is 1. The lowest BCUT2D eigenvalue weighted by Gasteiger charge is -2.13. The molecule has 0 saturated carbocycles. The van der Waals surface area contributed by atoms with Crippen LogP contribution in [-0.2, 0) is 4.74 Å². The zero-order chi connectivity index (χ0) is 11.0. The predicted octanol–water partition coefficient (Wildman–Crippen LogP) is 1.51. The van der Waals surface area contributed by atoms with Crippen LogP contribution in [0.2, 0.25) is 0 Å². The van der Waals surface area contributed by atoms with Crippen molar-refractivity contribution in [3.63, 3.8) is 0 Å². The van der Waals surface area contributed by atoms with E-state index in [9.17, 15) is 4.39 Å². The highest BCUT2D eigenvalue weighted by Crippen LogP contribution is 2.39. The van der Waals surface area contributed by atoms with Gasteiger partial charge in [0, 0.05) is 12.6 Å². The van der Waals surface area contributed by atoms with E-state index in [0.29, 0.717) is 31.3 Å². The summed E-state index contributed by atoms with van der Waals surface area (Å²) in [5.74, 6) is 0. The van der Waals surface area contributed by atoms with Crippen molar-refractivity contribution < 1.29 is 9.13 Å². The average molecular weight is 221 g/mol. The van der Waals surface area contributed by atoms with Crippen molar-refractivity contribution in [3.8, 4) is 0 Å². The van der Waals surface area contributed by atoms with Gasteiger partial charge in [0.2, 0.25) is 0 Å². The van der Waals surface area contributed by atoms with Crippen LogP contribution in [0.3, 0.4) is 0 Å². The zero-order valence-electron chi connectivity index (χ0n) is 8.69. The number of nitrogens with one attached hydrogen (secondary N) is 1. The van der Waals surface area contributed by atoms with Gasteiger partial charge in [0.25, 0.3) is 6.02 Å². The molecule has 5 heteroatoms. The van der Waals surface area contributed by atoms with Gasteiger partial charge in [-0.05, 0) is 11.6 Å². The molecule has 2 heterocycles. The molecule has 1 aliphatic carbocycles. The van der Waals surface area contributed by atoms with Gasteiger partial charge in [-0.2, -0.15) is 0 Å². The van der Waals surface area contributed by atoms with Crippen molar-refractivity contribution in [2.45, 2.75) is 18.6 Å². The van der Waals surface area contributed by atoms with E-state index >= 15 is 0 Å². The quantitative estimate of drug-likeness (QED) is 0.782. The van der Waals surface area contributed by atoms with Gasteiger partial charge in [0.15, 0.2) is 0 Å². The molecular formula is C11H12FN3O. The zero-order valence-corrected chi connectivity index (χ0v) is 8.69. The minimum absolute atomic E-state index is 0.0736. The number of aliphatic imine (C=N–C) groups is 1. The van der Waals surface area contributed by atoms with Gasteiger partial charge >= 0.3 is 0 Å². The molecule has 0 amide bonds. The second-order valence-corrected chi connectivity index (χ2v) is 3.91. The van der Waals surface area contributed by atoms with Crippen LogP contribution < -0.4 is 5.32 Å². The molecule has 1 aromatic heterocycles. The molecule has 1 aliphatic heterocycles. The first-order valence-electron chi connectivity index (χ1n) is 5.37. The van der Waals surface area contributed by atoms with Gasteiger partial charge in [-0.1, -0.05) is 6.07 Å². The predicted molar refractivity (Wildman–Crippen MR) is 56.8 cm³/mol. The fourth-order valence-electron chi connectivity index (χ4n) is 2.14. The molecule has 3 rings (SSSR count). The summed E-state index contributed by atoms with van der Waals surface area (Å²) in [5, 5.41) is 3.11. The van der Waals surface area contributed by atoms with Crippen molar-refractivity contribution in [2.24, 2.45) is 4.99 Å². The Hall–Kier alpha value is -1.65. The largest absolute Gasteiger partial charge is 0.463 e. The first kappa shape index (κ1) is 9.57. The number of pyridine rings is 1. The molecule has 0 radical (unpaired) electrons.